The molecule has 32 heavy (non-hydrogen) atoms. The summed E-state index contributed by atoms with van der Waals surface area (Å²) in [6, 6.07) is 7.80. The Labute approximate surface area is 188 Å². The van der Waals surface area contributed by atoms with E-state index in [0.717, 1.165) is 48.8 Å². The first-order valence-corrected chi connectivity index (χ1v) is 10.6. The zero-order valence-electron chi connectivity index (χ0n) is 18.7. The van der Waals surface area contributed by atoms with E-state index in [4.69, 9.17) is 5.73 Å². The number of piperazine rings is 1. The highest BCUT2D eigenvalue weighted by Gasteiger charge is 2.10. The molecule has 0 aliphatic carbocycles. The van der Waals surface area contributed by atoms with E-state index in [2.05, 4.69) is 48.3 Å². The molecule has 3 N–H and O–H groups in total. The SMILES string of the molecule is Cc1cc(C)nc(/N=C(N)/N=C(\C=C\N2CCN(C)CC2)Nc2ccn3ccnc3c2)c1. The Balaban J connectivity index is 1.59. The van der Waals surface area contributed by atoms with Crippen molar-refractivity contribution in [1.29, 1.82) is 0 Å². The fraction of sp³-hybridized carbons (Fsp3) is 0.304. The molecule has 9 heteroatoms. The van der Waals surface area contributed by atoms with E-state index in [-0.39, 0.29) is 5.96 Å². The zero-order chi connectivity index (χ0) is 22.5. The van der Waals surface area contributed by atoms with Crippen LogP contribution in [0, 0.1) is 13.8 Å². The van der Waals surface area contributed by atoms with Gasteiger partial charge in [0.05, 0.1) is 0 Å². The van der Waals surface area contributed by atoms with E-state index in [1.165, 1.54) is 0 Å². The number of aliphatic imine (C=N–C) groups is 2. The van der Waals surface area contributed by atoms with E-state index in [9.17, 15) is 0 Å². The second kappa shape index (κ2) is 9.61. The number of pyridine rings is 2. The summed E-state index contributed by atoms with van der Waals surface area (Å²) in [7, 11) is 2.14. The van der Waals surface area contributed by atoms with Crippen molar-refractivity contribution in [2.75, 3.05) is 38.5 Å². The highest BCUT2D eigenvalue weighted by atomic mass is 15.2. The Morgan fingerprint density at radius 3 is 2.72 bits per heavy atom. The van der Waals surface area contributed by atoms with Crippen LogP contribution < -0.4 is 11.1 Å². The number of rotatable bonds is 4. The maximum absolute atomic E-state index is 6.17. The molecule has 0 bridgehead atoms. The van der Waals surface area contributed by atoms with Gasteiger partial charge in [-0.05, 0) is 50.7 Å². The summed E-state index contributed by atoms with van der Waals surface area (Å²) < 4.78 is 1.95. The van der Waals surface area contributed by atoms with Crippen LogP contribution in [0.5, 0.6) is 0 Å². The quantitative estimate of drug-likeness (QED) is 0.487. The van der Waals surface area contributed by atoms with Gasteiger partial charge in [-0.25, -0.2) is 9.97 Å². The highest BCUT2D eigenvalue weighted by molar-refractivity contribution is 6.09. The lowest BCUT2D eigenvalue weighted by Gasteiger charge is -2.31. The smallest absolute Gasteiger partial charge is 0.224 e. The summed E-state index contributed by atoms with van der Waals surface area (Å²) in [5, 5.41) is 3.34. The van der Waals surface area contributed by atoms with Crippen molar-refractivity contribution in [1.82, 2.24) is 24.2 Å². The summed E-state index contributed by atoms with van der Waals surface area (Å²) in [4.78, 5) is 22.3. The lowest BCUT2D eigenvalue weighted by atomic mass is 10.2. The minimum absolute atomic E-state index is 0.134. The van der Waals surface area contributed by atoms with E-state index < -0.39 is 0 Å². The number of aromatic nitrogens is 3. The third kappa shape index (κ3) is 5.70. The molecule has 1 fully saturated rings. The van der Waals surface area contributed by atoms with Crippen LogP contribution >= 0.6 is 0 Å². The first-order valence-electron chi connectivity index (χ1n) is 10.6. The number of amidine groups is 1. The molecule has 9 nitrogen and oxygen atoms in total. The van der Waals surface area contributed by atoms with Crippen molar-refractivity contribution in [3.05, 3.63) is 66.4 Å². The number of hydrogen-bond acceptors (Lipinski definition) is 5. The number of nitrogens with two attached hydrogens (primary N) is 1. The van der Waals surface area contributed by atoms with E-state index in [1.807, 2.05) is 61.0 Å². The molecule has 3 aromatic rings. The molecule has 0 amide bonds. The predicted molar refractivity (Wildman–Crippen MR) is 129 cm³/mol. The van der Waals surface area contributed by atoms with Gasteiger partial charge in [0.25, 0.3) is 0 Å². The van der Waals surface area contributed by atoms with Crippen LogP contribution in [0.4, 0.5) is 11.5 Å². The van der Waals surface area contributed by atoms with Crippen molar-refractivity contribution < 1.29 is 0 Å². The Morgan fingerprint density at radius 2 is 1.94 bits per heavy atom. The van der Waals surface area contributed by atoms with Crippen LogP contribution in [-0.4, -0.2) is 69.2 Å². The normalized spacial score (nSPS) is 16.3. The molecule has 1 saturated heterocycles. The van der Waals surface area contributed by atoms with Gasteiger partial charge in [0.1, 0.15) is 11.5 Å². The van der Waals surface area contributed by atoms with Crippen molar-refractivity contribution in [3.63, 3.8) is 0 Å². The number of guanidine groups is 1. The number of nitrogens with zero attached hydrogens (tertiary/aromatic N) is 7. The molecular formula is C23H29N9. The molecule has 0 spiro atoms. The molecular weight excluding hydrogens is 402 g/mol. The summed E-state index contributed by atoms with van der Waals surface area (Å²) in [6.07, 6.45) is 9.60. The Kier molecular flexibility index (Phi) is 6.46. The third-order valence-corrected chi connectivity index (χ3v) is 5.20. The molecule has 1 aliphatic rings. The third-order valence-electron chi connectivity index (χ3n) is 5.20. The summed E-state index contributed by atoms with van der Waals surface area (Å²) in [6.45, 7) is 7.94. The molecule has 0 radical (unpaired) electrons. The molecule has 0 aromatic carbocycles. The van der Waals surface area contributed by atoms with Crippen molar-refractivity contribution in [2.24, 2.45) is 15.7 Å². The summed E-state index contributed by atoms with van der Waals surface area (Å²) in [5.74, 6) is 1.27. The maximum Gasteiger partial charge on any atom is 0.224 e. The average Bonchev–Trinajstić information content (AvgIpc) is 3.20. The topological polar surface area (TPSA) is 99.4 Å². The van der Waals surface area contributed by atoms with Gasteiger partial charge in [-0.2, -0.15) is 9.98 Å². The van der Waals surface area contributed by atoms with Gasteiger partial charge in [0.2, 0.25) is 5.96 Å². The predicted octanol–water partition coefficient (Wildman–Crippen LogP) is 2.56. The standard InChI is InChI=1S/C23H29N9/c1-17-14-18(2)26-21(15-17)29-23(24)28-20(5-7-31-12-10-30(3)11-13-31)27-19-4-8-32-9-6-25-22(32)16-19/h4-9,14-16H,10-13H2,1-3H3,(H3,24,26,27,28,29)/b7-5+. The van der Waals surface area contributed by atoms with Crippen LogP contribution in [0.15, 0.2) is 65.1 Å². The van der Waals surface area contributed by atoms with Crippen molar-refractivity contribution >= 4 is 28.9 Å². The minimum Gasteiger partial charge on any atom is -0.375 e. The van der Waals surface area contributed by atoms with Crippen LogP contribution in [0.1, 0.15) is 11.3 Å². The highest BCUT2D eigenvalue weighted by Crippen LogP contribution is 2.13. The molecule has 0 saturated carbocycles. The van der Waals surface area contributed by atoms with Gasteiger partial charge in [-0.15, -0.1) is 0 Å². The number of imidazole rings is 1. The number of fused-ring (bicyclic) bond motifs is 1. The molecule has 3 aromatic heterocycles. The van der Waals surface area contributed by atoms with E-state index in [0.29, 0.717) is 11.7 Å². The molecule has 4 heterocycles. The molecule has 166 valence electrons. The van der Waals surface area contributed by atoms with Crippen LogP contribution in [0.3, 0.4) is 0 Å². The van der Waals surface area contributed by atoms with Crippen LogP contribution in [0.25, 0.3) is 5.65 Å². The van der Waals surface area contributed by atoms with Crippen molar-refractivity contribution in [3.8, 4) is 0 Å². The summed E-state index contributed by atoms with van der Waals surface area (Å²) >= 11 is 0. The Hall–Kier alpha value is -3.72. The van der Waals surface area contributed by atoms with Gasteiger partial charge in [0, 0.05) is 68.4 Å². The number of anilines is 1. The number of likely N-dealkylation sites (N-methyl/N-ethyl adjacent to an activating group) is 1. The van der Waals surface area contributed by atoms with Crippen LogP contribution in [0.2, 0.25) is 0 Å². The van der Waals surface area contributed by atoms with E-state index in [1.54, 1.807) is 6.20 Å². The number of aryl methyl sites for hydroxylation is 2. The molecule has 4 rings (SSSR count). The minimum atomic E-state index is 0.134. The van der Waals surface area contributed by atoms with Gasteiger partial charge in [0.15, 0.2) is 5.82 Å². The first kappa shape index (κ1) is 21.5. The lowest BCUT2D eigenvalue weighted by Crippen LogP contribution is -2.41. The second-order valence-corrected chi connectivity index (χ2v) is 8.00. The second-order valence-electron chi connectivity index (χ2n) is 8.00. The summed E-state index contributed by atoms with van der Waals surface area (Å²) in [5.41, 5.74) is 9.85. The molecule has 1 aliphatic heterocycles. The molecule has 0 atom stereocenters. The van der Waals surface area contributed by atoms with Gasteiger partial charge >= 0.3 is 0 Å². The fourth-order valence-electron chi connectivity index (χ4n) is 3.53. The molecule has 0 unspecified atom stereocenters. The van der Waals surface area contributed by atoms with Crippen molar-refractivity contribution in [2.45, 2.75) is 13.8 Å². The largest absolute Gasteiger partial charge is 0.375 e. The lowest BCUT2D eigenvalue weighted by molar-refractivity contribution is 0.198. The monoisotopic (exact) mass is 431 g/mol. The van der Waals surface area contributed by atoms with E-state index >= 15 is 0 Å². The maximum atomic E-state index is 6.17. The first-order chi connectivity index (χ1) is 15.4. The zero-order valence-corrected chi connectivity index (χ0v) is 18.7. The Morgan fingerprint density at radius 1 is 1.12 bits per heavy atom. The average molecular weight is 432 g/mol. The van der Waals surface area contributed by atoms with Gasteiger partial charge in [-0.3, -0.25) is 0 Å². The van der Waals surface area contributed by atoms with Gasteiger partial charge in [-0.1, -0.05) is 0 Å². The van der Waals surface area contributed by atoms with Gasteiger partial charge < -0.3 is 25.3 Å². The number of nitrogens with one attached hydrogen (secondary N) is 1. The fourth-order valence-corrected chi connectivity index (χ4v) is 3.53. The van der Waals surface area contributed by atoms with Crippen LogP contribution in [-0.2, 0) is 0 Å². The Bertz CT molecular complexity index is 1150. The number of hydrogen-bond donors (Lipinski definition) is 2.